The molecule has 0 aromatic rings. The van der Waals surface area contributed by atoms with Crippen molar-refractivity contribution in [2.75, 3.05) is 32.8 Å². The van der Waals surface area contributed by atoms with Gasteiger partial charge >= 0.3 is 0 Å². The van der Waals surface area contributed by atoms with E-state index in [9.17, 15) is 4.79 Å². The first kappa shape index (κ1) is 14.5. The summed E-state index contributed by atoms with van der Waals surface area (Å²) in [6.45, 7) is 8.27. The summed E-state index contributed by atoms with van der Waals surface area (Å²) in [7, 11) is 0. The van der Waals surface area contributed by atoms with Gasteiger partial charge in [0.25, 0.3) is 0 Å². The standard InChI is InChI=1S/C13H26N2O2/c1-11(2)5-8-17-9-7-15-13(16)12-4-3-6-14-10-12/h11-12,14H,3-10H2,1-2H3,(H,15,16)/t12-/m0/s1. The minimum absolute atomic E-state index is 0.152. The van der Waals surface area contributed by atoms with Crippen LogP contribution in [-0.4, -0.2) is 38.8 Å². The Labute approximate surface area is 104 Å². The molecular weight excluding hydrogens is 216 g/mol. The van der Waals surface area contributed by atoms with Gasteiger partial charge in [-0.15, -0.1) is 0 Å². The normalized spacial score (nSPS) is 20.5. The molecule has 1 aliphatic rings. The van der Waals surface area contributed by atoms with Crippen molar-refractivity contribution in [3.05, 3.63) is 0 Å². The molecule has 4 nitrogen and oxygen atoms in total. The van der Waals surface area contributed by atoms with Crippen LogP contribution in [0.2, 0.25) is 0 Å². The third-order valence-electron chi connectivity index (χ3n) is 3.05. The summed E-state index contributed by atoms with van der Waals surface area (Å²) in [6.07, 6.45) is 3.19. The van der Waals surface area contributed by atoms with Gasteiger partial charge in [0.15, 0.2) is 0 Å². The molecular formula is C13H26N2O2. The number of rotatable bonds is 7. The summed E-state index contributed by atoms with van der Waals surface area (Å²) >= 11 is 0. The number of hydrogen-bond donors (Lipinski definition) is 2. The molecule has 1 saturated heterocycles. The maximum absolute atomic E-state index is 11.7. The molecule has 0 aliphatic carbocycles. The molecule has 1 amide bonds. The Kier molecular flexibility index (Phi) is 7.21. The molecule has 0 unspecified atom stereocenters. The van der Waals surface area contributed by atoms with Gasteiger partial charge in [-0.2, -0.15) is 0 Å². The monoisotopic (exact) mass is 242 g/mol. The Morgan fingerprint density at radius 3 is 2.94 bits per heavy atom. The van der Waals surface area contributed by atoms with Crippen molar-refractivity contribution in [1.29, 1.82) is 0 Å². The lowest BCUT2D eigenvalue weighted by molar-refractivity contribution is -0.125. The van der Waals surface area contributed by atoms with Crippen LogP contribution in [-0.2, 0) is 9.53 Å². The van der Waals surface area contributed by atoms with Gasteiger partial charge in [0.05, 0.1) is 12.5 Å². The van der Waals surface area contributed by atoms with Gasteiger partial charge < -0.3 is 15.4 Å². The molecule has 0 aromatic carbocycles. The Bertz CT molecular complexity index is 213. The Balaban J connectivity index is 1.96. The van der Waals surface area contributed by atoms with Crippen LogP contribution >= 0.6 is 0 Å². The number of amides is 1. The number of carbonyl (C=O) groups is 1. The third-order valence-corrected chi connectivity index (χ3v) is 3.05. The SMILES string of the molecule is CC(C)CCOCCNC(=O)[C@H]1CCCNC1. The summed E-state index contributed by atoms with van der Waals surface area (Å²) in [5, 5.41) is 6.18. The fourth-order valence-electron chi connectivity index (χ4n) is 1.89. The van der Waals surface area contributed by atoms with E-state index in [4.69, 9.17) is 4.74 Å². The first-order valence-electron chi connectivity index (χ1n) is 6.76. The Morgan fingerprint density at radius 2 is 2.29 bits per heavy atom. The molecule has 0 saturated carbocycles. The highest BCUT2D eigenvalue weighted by atomic mass is 16.5. The van der Waals surface area contributed by atoms with Crippen molar-refractivity contribution in [2.24, 2.45) is 11.8 Å². The van der Waals surface area contributed by atoms with Crippen LogP contribution in [0.3, 0.4) is 0 Å². The second kappa shape index (κ2) is 8.48. The van der Waals surface area contributed by atoms with Crippen molar-refractivity contribution < 1.29 is 9.53 Å². The predicted octanol–water partition coefficient (Wildman–Crippen LogP) is 1.16. The zero-order valence-corrected chi connectivity index (χ0v) is 11.1. The lowest BCUT2D eigenvalue weighted by Gasteiger charge is -2.21. The number of nitrogens with one attached hydrogen (secondary N) is 2. The van der Waals surface area contributed by atoms with Gasteiger partial charge in [0, 0.05) is 19.7 Å². The number of carbonyl (C=O) groups excluding carboxylic acids is 1. The highest BCUT2D eigenvalue weighted by Crippen LogP contribution is 2.09. The summed E-state index contributed by atoms with van der Waals surface area (Å²) in [6, 6.07) is 0. The highest BCUT2D eigenvalue weighted by Gasteiger charge is 2.19. The average molecular weight is 242 g/mol. The van der Waals surface area contributed by atoms with Gasteiger partial charge in [-0.3, -0.25) is 4.79 Å². The van der Waals surface area contributed by atoms with E-state index in [1.807, 2.05) is 0 Å². The smallest absolute Gasteiger partial charge is 0.224 e. The van der Waals surface area contributed by atoms with Crippen LogP contribution in [0.25, 0.3) is 0 Å². The van der Waals surface area contributed by atoms with Crippen LogP contribution in [0.5, 0.6) is 0 Å². The van der Waals surface area contributed by atoms with E-state index in [1.54, 1.807) is 0 Å². The van der Waals surface area contributed by atoms with Crippen LogP contribution in [0.1, 0.15) is 33.1 Å². The fourth-order valence-corrected chi connectivity index (χ4v) is 1.89. The molecule has 0 radical (unpaired) electrons. The molecule has 0 bridgehead atoms. The summed E-state index contributed by atoms with van der Waals surface area (Å²) in [4.78, 5) is 11.7. The van der Waals surface area contributed by atoms with Gasteiger partial charge in [-0.25, -0.2) is 0 Å². The predicted molar refractivity (Wildman–Crippen MR) is 68.9 cm³/mol. The summed E-state index contributed by atoms with van der Waals surface area (Å²) in [5.74, 6) is 1.00. The first-order chi connectivity index (χ1) is 8.20. The van der Waals surface area contributed by atoms with Gasteiger partial charge in [0.2, 0.25) is 5.91 Å². The topological polar surface area (TPSA) is 50.4 Å². The van der Waals surface area contributed by atoms with Gasteiger partial charge in [-0.05, 0) is 31.7 Å². The molecule has 1 rings (SSSR count). The van der Waals surface area contributed by atoms with Gasteiger partial charge in [0.1, 0.15) is 0 Å². The molecule has 2 N–H and O–H groups in total. The molecule has 4 heteroatoms. The Hall–Kier alpha value is -0.610. The van der Waals surface area contributed by atoms with E-state index >= 15 is 0 Å². The Morgan fingerprint density at radius 1 is 1.47 bits per heavy atom. The lowest BCUT2D eigenvalue weighted by atomic mass is 9.99. The van der Waals surface area contributed by atoms with Gasteiger partial charge in [-0.1, -0.05) is 13.8 Å². The minimum atomic E-state index is 0.152. The van der Waals surface area contributed by atoms with Crippen molar-refractivity contribution in [2.45, 2.75) is 33.1 Å². The molecule has 0 aromatic heterocycles. The van der Waals surface area contributed by atoms with Crippen molar-refractivity contribution in [3.8, 4) is 0 Å². The molecule has 1 heterocycles. The van der Waals surface area contributed by atoms with Crippen LogP contribution in [0.15, 0.2) is 0 Å². The maximum Gasteiger partial charge on any atom is 0.224 e. The molecule has 1 fully saturated rings. The largest absolute Gasteiger partial charge is 0.380 e. The lowest BCUT2D eigenvalue weighted by Crippen LogP contribution is -2.41. The number of ether oxygens (including phenoxy) is 1. The van der Waals surface area contributed by atoms with Crippen LogP contribution in [0.4, 0.5) is 0 Å². The minimum Gasteiger partial charge on any atom is -0.380 e. The molecule has 17 heavy (non-hydrogen) atoms. The van der Waals surface area contributed by atoms with Crippen molar-refractivity contribution in [1.82, 2.24) is 10.6 Å². The highest BCUT2D eigenvalue weighted by molar-refractivity contribution is 5.78. The fraction of sp³-hybridized carbons (Fsp3) is 0.923. The summed E-state index contributed by atoms with van der Waals surface area (Å²) in [5.41, 5.74) is 0. The zero-order valence-electron chi connectivity index (χ0n) is 11.1. The molecule has 1 aliphatic heterocycles. The average Bonchev–Trinajstić information content (AvgIpc) is 2.34. The van der Waals surface area contributed by atoms with E-state index in [-0.39, 0.29) is 11.8 Å². The second-order valence-corrected chi connectivity index (χ2v) is 5.13. The third kappa shape index (κ3) is 6.64. The quantitative estimate of drug-likeness (QED) is 0.659. The summed E-state index contributed by atoms with van der Waals surface area (Å²) < 4.78 is 5.45. The van der Waals surface area contributed by atoms with E-state index in [0.29, 0.717) is 19.1 Å². The molecule has 100 valence electrons. The zero-order chi connectivity index (χ0) is 12.5. The molecule has 0 spiro atoms. The van der Waals surface area contributed by atoms with Crippen LogP contribution < -0.4 is 10.6 Å². The number of piperidine rings is 1. The van der Waals surface area contributed by atoms with Crippen molar-refractivity contribution in [3.63, 3.8) is 0 Å². The maximum atomic E-state index is 11.7. The van der Waals surface area contributed by atoms with E-state index in [1.165, 1.54) is 0 Å². The van der Waals surface area contributed by atoms with E-state index < -0.39 is 0 Å². The first-order valence-corrected chi connectivity index (χ1v) is 6.76. The van der Waals surface area contributed by atoms with Crippen LogP contribution in [0, 0.1) is 11.8 Å². The second-order valence-electron chi connectivity index (χ2n) is 5.13. The number of hydrogen-bond acceptors (Lipinski definition) is 3. The molecule has 1 atom stereocenters. The van der Waals surface area contributed by atoms with Crippen molar-refractivity contribution >= 4 is 5.91 Å². The van der Waals surface area contributed by atoms with E-state index in [0.717, 1.165) is 39.0 Å². The van der Waals surface area contributed by atoms with E-state index in [2.05, 4.69) is 24.5 Å².